The van der Waals surface area contributed by atoms with Gasteiger partial charge in [0.05, 0.1) is 0 Å². The summed E-state index contributed by atoms with van der Waals surface area (Å²) in [4.78, 5) is 2.42. The van der Waals surface area contributed by atoms with E-state index in [9.17, 15) is 4.39 Å². The van der Waals surface area contributed by atoms with Gasteiger partial charge in [-0.2, -0.15) is 0 Å². The maximum atomic E-state index is 12.8. The minimum absolute atomic E-state index is 0.169. The highest BCUT2D eigenvalue weighted by Gasteiger charge is 2.25. The average Bonchev–Trinajstić information content (AvgIpc) is 2.77. The van der Waals surface area contributed by atoms with Gasteiger partial charge in [0.25, 0.3) is 0 Å². The number of benzene rings is 1. The molecule has 1 aliphatic heterocycles. The third kappa shape index (κ3) is 2.42. The van der Waals surface area contributed by atoms with Crippen LogP contribution in [0.15, 0.2) is 24.3 Å². The number of nitrogens with two attached hydrogens (primary N) is 1. The highest BCUT2D eigenvalue weighted by Crippen LogP contribution is 2.26. The van der Waals surface area contributed by atoms with Crippen molar-refractivity contribution in [1.29, 1.82) is 0 Å². The molecule has 2 unspecified atom stereocenters. The van der Waals surface area contributed by atoms with Crippen LogP contribution in [0.1, 0.15) is 24.9 Å². The highest BCUT2D eigenvalue weighted by atomic mass is 19.1. The Balaban J connectivity index is 2.02. The van der Waals surface area contributed by atoms with Crippen LogP contribution in [0.2, 0.25) is 0 Å². The smallest absolute Gasteiger partial charge is 0.123 e. The van der Waals surface area contributed by atoms with Gasteiger partial charge >= 0.3 is 0 Å². The molecular weight excluding hydrogens is 203 g/mol. The Morgan fingerprint density at radius 3 is 2.69 bits per heavy atom. The van der Waals surface area contributed by atoms with Crippen LogP contribution in [0.4, 0.5) is 4.39 Å². The van der Waals surface area contributed by atoms with Crippen LogP contribution >= 0.6 is 0 Å². The first kappa shape index (κ1) is 11.6. The maximum Gasteiger partial charge on any atom is 0.123 e. The van der Waals surface area contributed by atoms with Crippen LogP contribution in [-0.4, -0.2) is 24.5 Å². The van der Waals surface area contributed by atoms with E-state index in [1.807, 2.05) is 12.1 Å². The molecule has 2 atom stereocenters. The lowest BCUT2D eigenvalue weighted by atomic mass is 10.1. The van der Waals surface area contributed by atoms with Crippen LogP contribution in [0.3, 0.4) is 0 Å². The molecule has 2 N–H and O–H groups in total. The Bertz CT molecular complexity index is 336. The summed E-state index contributed by atoms with van der Waals surface area (Å²) in [5, 5.41) is 0. The number of hydrogen-bond donors (Lipinski definition) is 1. The first-order valence-corrected chi connectivity index (χ1v) is 5.90. The minimum Gasteiger partial charge on any atom is -0.330 e. The summed E-state index contributed by atoms with van der Waals surface area (Å²) in [6.07, 6.45) is 1.18. The summed E-state index contributed by atoms with van der Waals surface area (Å²) >= 11 is 0. The van der Waals surface area contributed by atoms with Crippen molar-refractivity contribution in [3.63, 3.8) is 0 Å². The van der Waals surface area contributed by atoms with E-state index in [0.29, 0.717) is 12.0 Å². The lowest BCUT2D eigenvalue weighted by molar-refractivity contribution is 0.253. The second kappa shape index (κ2) is 4.93. The lowest BCUT2D eigenvalue weighted by Crippen LogP contribution is -2.26. The van der Waals surface area contributed by atoms with Crippen molar-refractivity contribution < 1.29 is 4.39 Å². The highest BCUT2D eigenvalue weighted by molar-refractivity contribution is 5.19. The van der Waals surface area contributed by atoms with E-state index in [1.165, 1.54) is 24.1 Å². The van der Waals surface area contributed by atoms with Gasteiger partial charge in [0, 0.05) is 12.6 Å². The lowest BCUT2D eigenvalue weighted by Gasteiger charge is -2.24. The summed E-state index contributed by atoms with van der Waals surface area (Å²) in [5.41, 5.74) is 6.86. The Hall–Kier alpha value is -0.930. The molecule has 0 bridgehead atoms. The first-order valence-electron chi connectivity index (χ1n) is 5.90. The number of rotatable bonds is 3. The largest absolute Gasteiger partial charge is 0.330 e. The molecule has 1 aromatic carbocycles. The molecule has 1 heterocycles. The average molecular weight is 222 g/mol. The van der Waals surface area contributed by atoms with Gasteiger partial charge in [0.15, 0.2) is 0 Å². The van der Waals surface area contributed by atoms with Crippen LogP contribution in [-0.2, 0) is 0 Å². The van der Waals surface area contributed by atoms with E-state index in [-0.39, 0.29) is 5.82 Å². The molecule has 88 valence electrons. The fraction of sp³-hybridized carbons (Fsp3) is 0.538. The van der Waals surface area contributed by atoms with Crippen LogP contribution in [0, 0.1) is 11.7 Å². The molecule has 0 amide bonds. The van der Waals surface area contributed by atoms with E-state index < -0.39 is 0 Å². The van der Waals surface area contributed by atoms with Gasteiger partial charge in [0.2, 0.25) is 0 Å². The van der Waals surface area contributed by atoms with Gasteiger partial charge in [-0.15, -0.1) is 0 Å². The molecule has 0 saturated carbocycles. The molecule has 2 nitrogen and oxygen atoms in total. The van der Waals surface area contributed by atoms with Crippen molar-refractivity contribution in [1.82, 2.24) is 4.90 Å². The zero-order valence-electron chi connectivity index (χ0n) is 9.70. The Morgan fingerprint density at radius 1 is 1.44 bits per heavy atom. The number of halogens is 1. The SMILES string of the molecule is CC(c1ccc(F)cc1)N1CCC(CN)C1. The van der Waals surface area contributed by atoms with E-state index >= 15 is 0 Å². The van der Waals surface area contributed by atoms with Gasteiger partial charge in [-0.1, -0.05) is 12.1 Å². The molecule has 1 fully saturated rings. The third-order valence-corrected chi connectivity index (χ3v) is 3.55. The van der Waals surface area contributed by atoms with Crippen LogP contribution in [0.5, 0.6) is 0 Å². The quantitative estimate of drug-likeness (QED) is 0.849. The Morgan fingerprint density at radius 2 is 2.12 bits per heavy atom. The van der Waals surface area contributed by atoms with E-state index in [4.69, 9.17) is 5.73 Å². The number of likely N-dealkylation sites (tertiary alicyclic amines) is 1. The zero-order chi connectivity index (χ0) is 11.5. The normalized spacial score (nSPS) is 23.6. The summed E-state index contributed by atoms with van der Waals surface area (Å²) in [7, 11) is 0. The molecule has 2 rings (SSSR count). The van der Waals surface area contributed by atoms with E-state index in [1.54, 1.807) is 0 Å². The zero-order valence-corrected chi connectivity index (χ0v) is 9.70. The Kier molecular flexibility index (Phi) is 3.56. The first-order chi connectivity index (χ1) is 7.70. The molecule has 3 heteroatoms. The summed E-state index contributed by atoms with van der Waals surface area (Å²) in [5.74, 6) is 0.458. The topological polar surface area (TPSA) is 29.3 Å². The van der Waals surface area contributed by atoms with Gasteiger partial charge in [-0.05, 0) is 50.0 Å². The predicted molar refractivity (Wildman–Crippen MR) is 63.5 cm³/mol. The number of nitrogens with zero attached hydrogens (tertiary/aromatic N) is 1. The Labute approximate surface area is 96.2 Å². The van der Waals surface area contributed by atoms with Crippen molar-refractivity contribution >= 4 is 0 Å². The molecule has 0 radical (unpaired) electrons. The van der Waals surface area contributed by atoms with Crippen molar-refractivity contribution in [2.24, 2.45) is 11.7 Å². The van der Waals surface area contributed by atoms with Crippen molar-refractivity contribution in [3.8, 4) is 0 Å². The molecule has 0 aromatic heterocycles. The van der Waals surface area contributed by atoms with Gasteiger partial charge in [0.1, 0.15) is 5.82 Å². The molecule has 1 aliphatic rings. The molecule has 0 spiro atoms. The standard InChI is InChI=1S/C13H19FN2/c1-10(12-2-4-13(14)5-3-12)16-7-6-11(8-15)9-16/h2-5,10-11H,6-9,15H2,1H3. The summed E-state index contributed by atoms with van der Waals surface area (Å²) < 4.78 is 12.8. The molecule has 1 saturated heterocycles. The fourth-order valence-corrected chi connectivity index (χ4v) is 2.36. The van der Waals surface area contributed by atoms with Gasteiger partial charge < -0.3 is 5.73 Å². The number of hydrogen-bond acceptors (Lipinski definition) is 2. The second-order valence-corrected chi connectivity index (χ2v) is 4.61. The van der Waals surface area contributed by atoms with Crippen molar-refractivity contribution in [2.75, 3.05) is 19.6 Å². The summed E-state index contributed by atoms with van der Waals surface area (Å²) in [6.45, 7) is 5.11. The van der Waals surface area contributed by atoms with Crippen LogP contribution < -0.4 is 5.73 Å². The second-order valence-electron chi connectivity index (χ2n) is 4.61. The molecule has 0 aliphatic carbocycles. The summed E-state index contributed by atoms with van der Waals surface area (Å²) in [6, 6.07) is 7.16. The monoisotopic (exact) mass is 222 g/mol. The predicted octanol–water partition coefficient (Wildman–Crippen LogP) is 2.17. The van der Waals surface area contributed by atoms with Crippen molar-refractivity contribution in [2.45, 2.75) is 19.4 Å². The minimum atomic E-state index is -0.169. The fourth-order valence-electron chi connectivity index (χ4n) is 2.36. The van der Waals surface area contributed by atoms with Gasteiger partial charge in [-0.3, -0.25) is 4.90 Å². The maximum absolute atomic E-state index is 12.8. The molecular formula is C13H19FN2. The third-order valence-electron chi connectivity index (χ3n) is 3.55. The van der Waals surface area contributed by atoms with Gasteiger partial charge in [-0.25, -0.2) is 4.39 Å². The van der Waals surface area contributed by atoms with Crippen molar-refractivity contribution in [3.05, 3.63) is 35.6 Å². The molecule has 16 heavy (non-hydrogen) atoms. The van der Waals surface area contributed by atoms with E-state index in [2.05, 4.69) is 11.8 Å². The van der Waals surface area contributed by atoms with E-state index in [0.717, 1.165) is 19.6 Å². The molecule has 1 aromatic rings. The van der Waals surface area contributed by atoms with Crippen LogP contribution in [0.25, 0.3) is 0 Å².